The normalized spacial score (nSPS) is 10.6. The number of halogens is 2. The molecule has 4 nitrogen and oxygen atoms in total. The van der Waals surface area contributed by atoms with E-state index in [-0.39, 0.29) is 5.69 Å². The van der Waals surface area contributed by atoms with E-state index in [9.17, 15) is 4.79 Å². The maximum absolute atomic E-state index is 11.8. The van der Waals surface area contributed by atoms with Crippen molar-refractivity contribution in [1.29, 1.82) is 0 Å². The number of rotatable bonds is 3. The molecule has 0 bridgehead atoms. The van der Waals surface area contributed by atoms with E-state index in [4.69, 9.17) is 27.9 Å². The minimum absolute atomic E-state index is 0.206. The van der Waals surface area contributed by atoms with E-state index < -0.39 is 5.97 Å². The summed E-state index contributed by atoms with van der Waals surface area (Å²) in [6.45, 7) is 0. The van der Waals surface area contributed by atoms with Crippen molar-refractivity contribution in [2.24, 2.45) is 0 Å². The minimum atomic E-state index is -0.508. The second-order valence-corrected chi connectivity index (χ2v) is 5.62. The number of carbonyl (C=O) groups excluding carboxylic acids is 1. The summed E-state index contributed by atoms with van der Waals surface area (Å²) in [5.41, 5.74) is 2.43. The predicted octanol–water partition coefficient (Wildman–Crippen LogP) is 4.63. The molecule has 0 radical (unpaired) electrons. The van der Waals surface area contributed by atoms with Gasteiger partial charge in [-0.2, -0.15) is 5.10 Å². The Bertz CT molecular complexity index is 857. The molecular weight excluding hydrogens is 335 g/mol. The highest BCUT2D eigenvalue weighted by atomic mass is 35.5. The van der Waals surface area contributed by atoms with Crippen LogP contribution in [0.25, 0.3) is 16.9 Å². The first-order chi connectivity index (χ1) is 11.1. The summed E-state index contributed by atoms with van der Waals surface area (Å²) in [5, 5.41) is 5.53. The number of hydrogen-bond donors (Lipinski definition) is 0. The third kappa shape index (κ3) is 3.09. The van der Waals surface area contributed by atoms with E-state index in [1.807, 2.05) is 30.3 Å². The van der Waals surface area contributed by atoms with Crippen molar-refractivity contribution < 1.29 is 9.53 Å². The molecule has 0 aliphatic rings. The highest BCUT2D eigenvalue weighted by molar-refractivity contribution is 6.33. The van der Waals surface area contributed by atoms with Gasteiger partial charge in [0.1, 0.15) is 0 Å². The van der Waals surface area contributed by atoms with Crippen LogP contribution in [-0.2, 0) is 4.74 Å². The molecule has 0 saturated carbocycles. The van der Waals surface area contributed by atoms with E-state index in [0.29, 0.717) is 15.7 Å². The van der Waals surface area contributed by atoms with Crippen molar-refractivity contribution in [2.75, 3.05) is 7.11 Å². The van der Waals surface area contributed by atoms with E-state index in [0.717, 1.165) is 11.3 Å². The predicted molar refractivity (Wildman–Crippen MR) is 90.4 cm³/mol. The van der Waals surface area contributed by atoms with Crippen LogP contribution in [0.2, 0.25) is 10.0 Å². The number of esters is 1. The average molecular weight is 347 g/mol. The summed E-state index contributed by atoms with van der Waals surface area (Å²) in [6.07, 6.45) is 0. The Hall–Kier alpha value is -2.30. The molecule has 116 valence electrons. The zero-order chi connectivity index (χ0) is 16.4. The van der Waals surface area contributed by atoms with E-state index in [2.05, 4.69) is 5.10 Å². The van der Waals surface area contributed by atoms with Crippen molar-refractivity contribution >= 4 is 29.2 Å². The van der Waals surface area contributed by atoms with Gasteiger partial charge in [0.05, 0.1) is 18.5 Å². The first-order valence-corrected chi connectivity index (χ1v) is 7.55. The standard InChI is InChI=1S/C17H12Cl2N2O2/c1-23-17(22)15-10-16(13-4-2-3-5-14(13)19)21(20-15)12-8-6-11(18)7-9-12/h2-10H,1H3. The van der Waals surface area contributed by atoms with Crippen LogP contribution >= 0.6 is 23.2 Å². The largest absolute Gasteiger partial charge is 0.464 e. The van der Waals surface area contributed by atoms with Crippen LogP contribution in [0.4, 0.5) is 0 Å². The number of methoxy groups -OCH3 is 1. The minimum Gasteiger partial charge on any atom is -0.464 e. The van der Waals surface area contributed by atoms with Gasteiger partial charge < -0.3 is 4.74 Å². The molecule has 3 aromatic rings. The molecular formula is C17H12Cl2N2O2. The molecule has 2 aromatic carbocycles. The Balaban J connectivity index is 2.21. The van der Waals surface area contributed by atoms with Crippen LogP contribution in [0.1, 0.15) is 10.5 Å². The van der Waals surface area contributed by atoms with Gasteiger partial charge in [-0.3, -0.25) is 0 Å². The van der Waals surface area contributed by atoms with E-state index in [1.54, 1.807) is 28.9 Å². The Morgan fingerprint density at radius 3 is 2.43 bits per heavy atom. The Kier molecular flexibility index (Phi) is 4.37. The monoisotopic (exact) mass is 346 g/mol. The second-order valence-electron chi connectivity index (χ2n) is 4.77. The van der Waals surface area contributed by atoms with Gasteiger partial charge in [0, 0.05) is 15.6 Å². The molecule has 1 aromatic heterocycles. The molecule has 6 heteroatoms. The second kappa shape index (κ2) is 6.44. The molecule has 0 saturated heterocycles. The zero-order valence-electron chi connectivity index (χ0n) is 12.2. The fourth-order valence-corrected chi connectivity index (χ4v) is 2.58. The van der Waals surface area contributed by atoms with Gasteiger partial charge in [0.25, 0.3) is 0 Å². The summed E-state index contributed by atoms with van der Waals surface area (Å²) in [4.78, 5) is 11.8. The van der Waals surface area contributed by atoms with Crippen molar-refractivity contribution in [3.05, 3.63) is 70.3 Å². The summed E-state index contributed by atoms with van der Waals surface area (Å²) < 4.78 is 6.40. The molecule has 0 N–H and O–H groups in total. The number of nitrogens with zero attached hydrogens (tertiary/aromatic N) is 2. The van der Waals surface area contributed by atoms with Crippen LogP contribution in [-0.4, -0.2) is 22.9 Å². The smallest absolute Gasteiger partial charge is 0.358 e. The number of benzene rings is 2. The lowest BCUT2D eigenvalue weighted by atomic mass is 10.1. The summed E-state index contributed by atoms with van der Waals surface area (Å²) in [6, 6.07) is 16.2. The van der Waals surface area contributed by atoms with Crippen molar-refractivity contribution in [2.45, 2.75) is 0 Å². The van der Waals surface area contributed by atoms with Gasteiger partial charge in [-0.1, -0.05) is 41.4 Å². The van der Waals surface area contributed by atoms with E-state index in [1.165, 1.54) is 7.11 Å². The topological polar surface area (TPSA) is 44.1 Å². The third-order valence-electron chi connectivity index (χ3n) is 3.32. The Morgan fingerprint density at radius 2 is 1.78 bits per heavy atom. The zero-order valence-corrected chi connectivity index (χ0v) is 13.7. The fourth-order valence-electron chi connectivity index (χ4n) is 2.23. The molecule has 0 amide bonds. The maximum atomic E-state index is 11.8. The first kappa shape index (κ1) is 15.6. The molecule has 0 spiro atoms. The third-order valence-corrected chi connectivity index (χ3v) is 3.91. The lowest BCUT2D eigenvalue weighted by Gasteiger charge is -2.09. The average Bonchev–Trinajstić information content (AvgIpc) is 3.00. The van der Waals surface area contributed by atoms with Gasteiger partial charge in [0.2, 0.25) is 0 Å². The van der Waals surface area contributed by atoms with Crippen molar-refractivity contribution in [3.63, 3.8) is 0 Å². The van der Waals surface area contributed by atoms with E-state index >= 15 is 0 Å². The highest BCUT2D eigenvalue weighted by Crippen LogP contribution is 2.30. The number of ether oxygens (including phenoxy) is 1. The van der Waals surface area contributed by atoms with Crippen molar-refractivity contribution in [3.8, 4) is 16.9 Å². The molecule has 1 heterocycles. The summed E-state index contributed by atoms with van der Waals surface area (Å²) >= 11 is 12.2. The van der Waals surface area contributed by atoms with Crippen LogP contribution in [0, 0.1) is 0 Å². The van der Waals surface area contributed by atoms with Crippen LogP contribution < -0.4 is 0 Å². The molecule has 0 fully saturated rings. The first-order valence-electron chi connectivity index (χ1n) is 6.79. The lowest BCUT2D eigenvalue weighted by molar-refractivity contribution is 0.0593. The number of hydrogen-bond acceptors (Lipinski definition) is 3. The molecule has 0 atom stereocenters. The number of carbonyl (C=O) groups is 1. The molecule has 0 aliphatic carbocycles. The van der Waals surface area contributed by atoms with Gasteiger partial charge >= 0.3 is 5.97 Å². The van der Waals surface area contributed by atoms with Crippen LogP contribution in [0.15, 0.2) is 54.6 Å². The Morgan fingerprint density at radius 1 is 1.09 bits per heavy atom. The SMILES string of the molecule is COC(=O)c1cc(-c2ccccc2Cl)n(-c2ccc(Cl)cc2)n1. The molecule has 0 unspecified atom stereocenters. The molecule has 23 heavy (non-hydrogen) atoms. The fraction of sp³-hybridized carbons (Fsp3) is 0.0588. The lowest BCUT2D eigenvalue weighted by Crippen LogP contribution is -2.04. The maximum Gasteiger partial charge on any atom is 0.358 e. The van der Waals surface area contributed by atoms with Gasteiger partial charge in [-0.25, -0.2) is 9.48 Å². The number of aromatic nitrogens is 2. The molecule has 3 rings (SSSR count). The van der Waals surface area contributed by atoms with Gasteiger partial charge in [-0.05, 0) is 36.4 Å². The van der Waals surface area contributed by atoms with Crippen LogP contribution in [0.5, 0.6) is 0 Å². The Labute approximate surface area is 143 Å². The van der Waals surface area contributed by atoms with Gasteiger partial charge in [0.15, 0.2) is 5.69 Å². The summed E-state index contributed by atoms with van der Waals surface area (Å²) in [7, 11) is 1.32. The highest BCUT2D eigenvalue weighted by Gasteiger charge is 2.18. The molecule has 0 aliphatic heterocycles. The van der Waals surface area contributed by atoms with Gasteiger partial charge in [-0.15, -0.1) is 0 Å². The van der Waals surface area contributed by atoms with Crippen molar-refractivity contribution in [1.82, 2.24) is 9.78 Å². The summed E-state index contributed by atoms with van der Waals surface area (Å²) in [5.74, 6) is -0.508. The quantitative estimate of drug-likeness (QED) is 0.649. The van der Waals surface area contributed by atoms with Crippen LogP contribution in [0.3, 0.4) is 0 Å².